The van der Waals surface area contributed by atoms with Crippen molar-refractivity contribution in [1.29, 1.82) is 0 Å². The Balaban J connectivity index is 1.60. The van der Waals surface area contributed by atoms with Crippen molar-refractivity contribution >= 4 is 63.2 Å². The minimum atomic E-state index is -0.310. The van der Waals surface area contributed by atoms with E-state index in [2.05, 4.69) is 63.3 Å². The lowest BCUT2D eigenvalue weighted by Crippen LogP contribution is -2.27. The molecule has 1 unspecified atom stereocenters. The molecule has 7 nitrogen and oxygen atoms in total. The van der Waals surface area contributed by atoms with Crippen LogP contribution in [0.2, 0.25) is 0 Å². The Morgan fingerprint density at radius 2 is 2.00 bits per heavy atom. The fourth-order valence-electron chi connectivity index (χ4n) is 3.01. The number of thioether (sulfide) groups is 1. The number of hydrogen-bond acceptors (Lipinski definition) is 6. The van der Waals surface area contributed by atoms with Crippen molar-refractivity contribution in [2.75, 3.05) is 11.1 Å². The molecule has 0 aliphatic rings. The van der Waals surface area contributed by atoms with Gasteiger partial charge in [-0.25, -0.2) is 0 Å². The first-order valence-corrected chi connectivity index (χ1v) is 12.7. The molecule has 0 spiro atoms. The lowest BCUT2D eigenvalue weighted by molar-refractivity contribution is -0.113. The molecule has 164 valence electrons. The predicted octanol–water partition coefficient (Wildman–Crippen LogP) is 4.83. The number of carbonyl (C=O) groups excluding carboxylic acids is 2. The van der Waals surface area contributed by atoms with Gasteiger partial charge in [-0.3, -0.25) is 9.59 Å². The smallest absolute Gasteiger partial charge is 0.261 e. The summed E-state index contributed by atoms with van der Waals surface area (Å²) >= 11 is 4.98. The number of nitrogens with one attached hydrogen (secondary N) is 2. The number of thiophene rings is 1. The summed E-state index contributed by atoms with van der Waals surface area (Å²) in [6.45, 7) is 6.07. The zero-order chi connectivity index (χ0) is 22.5. The van der Waals surface area contributed by atoms with Gasteiger partial charge in [0.25, 0.3) is 5.91 Å². The van der Waals surface area contributed by atoms with Crippen LogP contribution in [0.1, 0.15) is 53.8 Å². The predicted molar refractivity (Wildman–Crippen MR) is 134 cm³/mol. The van der Waals surface area contributed by atoms with E-state index >= 15 is 0 Å². The summed E-state index contributed by atoms with van der Waals surface area (Å²) < 4.78 is 2.95. The molecule has 31 heavy (non-hydrogen) atoms. The Bertz CT molecular complexity index is 1070. The first-order chi connectivity index (χ1) is 14.8. The topological polar surface area (TPSA) is 88.9 Å². The molecule has 2 N–H and O–H groups in total. The summed E-state index contributed by atoms with van der Waals surface area (Å²) in [6.07, 6.45) is 0. The van der Waals surface area contributed by atoms with E-state index in [9.17, 15) is 9.59 Å². The third-order valence-corrected chi connectivity index (χ3v) is 7.15. The molecule has 0 radical (unpaired) electrons. The molecule has 1 aromatic carbocycles. The average Bonchev–Trinajstić information content (AvgIpc) is 3.38. The quantitative estimate of drug-likeness (QED) is 0.300. The number of carbonyl (C=O) groups is 2. The maximum Gasteiger partial charge on any atom is 0.261 e. The number of halogens is 1. The molecular formula is C21H24IN5O2S2. The molecular weight excluding hydrogens is 545 g/mol. The van der Waals surface area contributed by atoms with Gasteiger partial charge in [-0.2, -0.15) is 0 Å². The Morgan fingerprint density at radius 1 is 1.23 bits per heavy atom. The monoisotopic (exact) mass is 569 g/mol. The van der Waals surface area contributed by atoms with Crippen molar-refractivity contribution in [3.05, 3.63) is 55.5 Å². The number of aromatic nitrogens is 3. The van der Waals surface area contributed by atoms with Crippen LogP contribution >= 0.6 is 45.7 Å². The van der Waals surface area contributed by atoms with Gasteiger partial charge in [0, 0.05) is 16.3 Å². The molecule has 1 atom stereocenters. The summed E-state index contributed by atoms with van der Waals surface area (Å²) in [4.78, 5) is 25.5. The third-order valence-electron chi connectivity index (χ3n) is 4.59. The molecule has 0 aliphatic carbocycles. The largest absolute Gasteiger partial charge is 0.342 e. The van der Waals surface area contributed by atoms with E-state index in [0.29, 0.717) is 21.8 Å². The van der Waals surface area contributed by atoms with Crippen molar-refractivity contribution < 1.29 is 9.59 Å². The van der Waals surface area contributed by atoms with Crippen LogP contribution in [0.25, 0.3) is 0 Å². The van der Waals surface area contributed by atoms with E-state index in [-0.39, 0.29) is 23.6 Å². The Labute approximate surface area is 203 Å². The summed E-state index contributed by atoms with van der Waals surface area (Å²) in [5, 5.41) is 16.8. The van der Waals surface area contributed by atoms with E-state index in [1.165, 1.54) is 23.1 Å². The number of hydrogen-bond donors (Lipinski definition) is 2. The van der Waals surface area contributed by atoms with Crippen LogP contribution in [0.4, 0.5) is 5.69 Å². The summed E-state index contributed by atoms with van der Waals surface area (Å²) in [5.41, 5.74) is 1.95. The van der Waals surface area contributed by atoms with Gasteiger partial charge in [-0.1, -0.05) is 31.7 Å². The Kier molecular flexibility index (Phi) is 8.11. The lowest BCUT2D eigenvalue weighted by atomic mass is 10.0. The molecule has 2 amide bonds. The first kappa shape index (κ1) is 23.7. The summed E-state index contributed by atoms with van der Waals surface area (Å²) in [6, 6.07) is 9.33. The van der Waals surface area contributed by atoms with E-state index in [0.717, 1.165) is 14.8 Å². The van der Waals surface area contributed by atoms with Gasteiger partial charge >= 0.3 is 0 Å². The second-order valence-electron chi connectivity index (χ2n) is 7.30. The highest BCUT2D eigenvalue weighted by Gasteiger charge is 2.19. The standard InChI is InChI=1S/C21H24IN5O2S2/c1-12(2)15-10-14(22)7-8-16(15)24-18(28)11-31-21-26-25-19(27(21)4)13(3)23-20(29)17-6-5-9-30-17/h5-10,12-13H,11H2,1-4H3,(H,23,29)(H,24,28). The van der Waals surface area contributed by atoms with Gasteiger partial charge < -0.3 is 15.2 Å². The van der Waals surface area contributed by atoms with E-state index < -0.39 is 0 Å². The van der Waals surface area contributed by atoms with Crippen LogP contribution in [0.3, 0.4) is 0 Å². The van der Waals surface area contributed by atoms with Crippen LogP contribution in [0, 0.1) is 3.57 Å². The van der Waals surface area contributed by atoms with Crippen LogP contribution in [-0.2, 0) is 11.8 Å². The minimum absolute atomic E-state index is 0.100. The van der Waals surface area contributed by atoms with Crippen molar-refractivity contribution in [2.45, 2.75) is 37.9 Å². The minimum Gasteiger partial charge on any atom is -0.342 e. The van der Waals surface area contributed by atoms with E-state index in [1.54, 1.807) is 6.07 Å². The molecule has 2 heterocycles. The molecule has 10 heteroatoms. The second kappa shape index (κ2) is 10.6. The molecule has 0 saturated heterocycles. The Morgan fingerprint density at radius 3 is 2.68 bits per heavy atom. The van der Waals surface area contributed by atoms with Crippen molar-refractivity contribution in [1.82, 2.24) is 20.1 Å². The van der Waals surface area contributed by atoms with E-state index in [4.69, 9.17) is 0 Å². The van der Waals surface area contributed by atoms with Crippen LogP contribution < -0.4 is 10.6 Å². The number of nitrogens with zero attached hydrogens (tertiary/aromatic N) is 3. The molecule has 0 aliphatic heterocycles. The number of amides is 2. The second-order valence-corrected chi connectivity index (χ2v) is 10.4. The molecule has 0 bridgehead atoms. The van der Waals surface area contributed by atoms with Crippen LogP contribution in [-0.4, -0.2) is 32.3 Å². The normalized spacial score (nSPS) is 12.1. The maximum absolute atomic E-state index is 12.5. The van der Waals surface area contributed by atoms with Crippen LogP contribution in [0.15, 0.2) is 40.9 Å². The zero-order valence-corrected chi connectivity index (χ0v) is 21.5. The van der Waals surface area contributed by atoms with Gasteiger partial charge in [-0.05, 0) is 70.6 Å². The molecule has 0 saturated carbocycles. The highest BCUT2D eigenvalue weighted by molar-refractivity contribution is 14.1. The first-order valence-electron chi connectivity index (χ1n) is 9.72. The fourth-order valence-corrected chi connectivity index (χ4v) is 4.87. The van der Waals surface area contributed by atoms with Crippen molar-refractivity contribution in [3.63, 3.8) is 0 Å². The molecule has 2 aromatic heterocycles. The Hall–Kier alpha value is -1.92. The van der Waals surface area contributed by atoms with Crippen molar-refractivity contribution in [3.8, 4) is 0 Å². The van der Waals surface area contributed by atoms with Gasteiger partial charge in [-0.15, -0.1) is 21.5 Å². The maximum atomic E-state index is 12.5. The SMILES string of the molecule is CC(C)c1cc(I)ccc1NC(=O)CSc1nnc(C(C)NC(=O)c2cccs2)n1C. The lowest BCUT2D eigenvalue weighted by Gasteiger charge is -2.14. The summed E-state index contributed by atoms with van der Waals surface area (Å²) in [7, 11) is 1.83. The average molecular weight is 569 g/mol. The highest BCUT2D eigenvalue weighted by Crippen LogP contribution is 2.27. The zero-order valence-electron chi connectivity index (χ0n) is 17.7. The highest BCUT2D eigenvalue weighted by atomic mass is 127. The van der Waals surface area contributed by atoms with Crippen molar-refractivity contribution in [2.24, 2.45) is 7.05 Å². The summed E-state index contributed by atoms with van der Waals surface area (Å²) in [5.74, 6) is 0.914. The third kappa shape index (κ3) is 6.07. The van der Waals surface area contributed by atoms with Gasteiger partial charge in [0.1, 0.15) is 0 Å². The molecule has 3 aromatic rings. The van der Waals surface area contributed by atoms with Gasteiger partial charge in [0.15, 0.2) is 11.0 Å². The van der Waals surface area contributed by atoms with Gasteiger partial charge in [0.05, 0.1) is 16.7 Å². The number of anilines is 1. The molecule has 0 fully saturated rings. The van der Waals surface area contributed by atoms with E-state index in [1.807, 2.05) is 42.1 Å². The van der Waals surface area contributed by atoms with Gasteiger partial charge in [0.2, 0.25) is 5.91 Å². The van der Waals surface area contributed by atoms with Crippen LogP contribution in [0.5, 0.6) is 0 Å². The fraction of sp³-hybridized carbons (Fsp3) is 0.333. The number of rotatable bonds is 8. The number of benzene rings is 1. The molecule has 3 rings (SSSR count).